The second-order valence-electron chi connectivity index (χ2n) is 12.9. The summed E-state index contributed by atoms with van der Waals surface area (Å²) in [5, 5.41) is 0. The van der Waals surface area contributed by atoms with Crippen molar-refractivity contribution in [2.45, 2.75) is 200 Å². The standard InChI is InChI=1S/C37H71O8P/c1-3-5-7-9-11-13-15-17-18-20-21-23-25-27-29-31-36(38)43-33-35(34-44-46(40,41)42)45-37(39)32-30-28-26-24-22-19-16-14-12-10-8-6-4-2/h17-18,35H,3-16,19-34H2,1-2H3,(H2,40,41,42)/b18-17-. The van der Waals surface area contributed by atoms with Crippen LogP contribution >= 0.6 is 7.82 Å². The molecule has 0 aliphatic heterocycles. The lowest BCUT2D eigenvalue weighted by atomic mass is 10.0. The number of ether oxygens (including phenoxy) is 2. The van der Waals surface area contributed by atoms with E-state index in [4.69, 9.17) is 19.3 Å². The number of allylic oxidation sites excluding steroid dienone is 2. The molecule has 1 atom stereocenters. The number of unbranched alkanes of at least 4 members (excludes halogenated alkanes) is 23. The highest BCUT2D eigenvalue weighted by atomic mass is 31.2. The van der Waals surface area contributed by atoms with Crippen molar-refractivity contribution in [1.82, 2.24) is 0 Å². The second-order valence-corrected chi connectivity index (χ2v) is 14.1. The highest BCUT2D eigenvalue weighted by molar-refractivity contribution is 7.46. The Kier molecular flexibility index (Phi) is 32.8. The van der Waals surface area contributed by atoms with Gasteiger partial charge in [0.2, 0.25) is 0 Å². The smallest absolute Gasteiger partial charge is 0.462 e. The van der Waals surface area contributed by atoms with Gasteiger partial charge in [-0.05, 0) is 38.5 Å². The van der Waals surface area contributed by atoms with Crippen molar-refractivity contribution >= 4 is 19.8 Å². The quantitative estimate of drug-likeness (QED) is 0.0295. The molecular formula is C37H71O8P. The van der Waals surface area contributed by atoms with Gasteiger partial charge in [-0.25, -0.2) is 4.57 Å². The Hall–Kier alpha value is -1.21. The maximum Gasteiger partial charge on any atom is 0.469 e. The topological polar surface area (TPSA) is 119 Å². The zero-order valence-electron chi connectivity index (χ0n) is 29.7. The Balaban J connectivity index is 3.95. The van der Waals surface area contributed by atoms with Gasteiger partial charge in [-0.3, -0.25) is 14.1 Å². The van der Waals surface area contributed by atoms with Crippen molar-refractivity contribution in [3.8, 4) is 0 Å². The summed E-state index contributed by atoms with van der Waals surface area (Å²) in [6.45, 7) is 3.67. The molecule has 0 heterocycles. The average molecular weight is 675 g/mol. The van der Waals surface area contributed by atoms with E-state index in [1.165, 1.54) is 103 Å². The van der Waals surface area contributed by atoms with Crippen molar-refractivity contribution in [2.75, 3.05) is 13.2 Å². The number of hydrogen-bond donors (Lipinski definition) is 2. The summed E-state index contributed by atoms with van der Waals surface area (Å²) in [4.78, 5) is 42.7. The number of phosphoric ester groups is 1. The summed E-state index contributed by atoms with van der Waals surface area (Å²) in [5.74, 6) is -0.887. The molecule has 0 aromatic rings. The minimum absolute atomic E-state index is 0.215. The van der Waals surface area contributed by atoms with E-state index < -0.39 is 32.5 Å². The van der Waals surface area contributed by atoms with Crippen LogP contribution in [0.25, 0.3) is 0 Å². The Morgan fingerprint density at radius 2 is 0.913 bits per heavy atom. The number of rotatable bonds is 35. The van der Waals surface area contributed by atoms with Crippen LogP contribution in [0.5, 0.6) is 0 Å². The number of hydrogen-bond acceptors (Lipinski definition) is 6. The summed E-state index contributed by atoms with van der Waals surface area (Å²) in [6, 6.07) is 0. The van der Waals surface area contributed by atoms with Gasteiger partial charge in [0, 0.05) is 12.8 Å². The largest absolute Gasteiger partial charge is 0.469 e. The van der Waals surface area contributed by atoms with Crippen molar-refractivity contribution < 1.29 is 37.9 Å². The van der Waals surface area contributed by atoms with Gasteiger partial charge in [-0.15, -0.1) is 0 Å². The summed E-state index contributed by atoms with van der Waals surface area (Å²) in [6.07, 6.45) is 35.0. The fourth-order valence-corrected chi connectivity index (χ4v) is 5.79. The van der Waals surface area contributed by atoms with Gasteiger partial charge in [0.15, 0.2) is 6.10 Å². The third kappa shape index (κ3) is 35.6. The first kappa shape index (κ1) is 44.8. The molecule has 0 radical (unpaired) electrons. The average Bonchev–Trinajstić information content (AvgIpc) is 3.02. The SMILES string of the molecule is CCCCCCCC/C=C\CCCCCCCC(=O)OCC(COP(=O)(O)O)OC(=O)CCCCCCCCCCCCCCC. The molecule has 0 bridgehead atoms. The molecule has 0 saturated heterocycles. The first-order valence-electron chi connectivity index (χ1n) is 19.0. The van der Waals surface area contributed by atoms with Gasteiger partial charge in [-0.1, -0.05) is 154 Å². The van der Waals surface area contributed by atoms with Gasteiger partial charge >= 0.3 is 19.8 Å². The lowest BCUT2D eigenvalue weighted by Gasteiger charge is -2.18. The van der Waals surface area contributed by atoms with Crippen LogP contribution in [0.3, 0.4) is 0 Å². The molecule has 0 rings (SSSR count). The fraction of sp³-hybridized carbons (Fsp3) is 0.892. The highest BCUT2D eigenvalue weighted by Crippen LogP contribution is 2.36. The summed E-state index contributed by atoms with van der Waals surface area (Å²) >= 11 is 0. The van der Waals surface area contributed by atoms with E-state index >= 15 is 0 Å². The number of carbonyl (C=O) groups is 2. The van der Waals surface area contributed by atoms with E-state index in [-0.39, 0.29) is 19.4 Å². The molecule has 272 valence electrons. The summed E-state index contributed by atoms with van der Waals surface area (Å²) in [7, 11) is -4.74. The first-order chi connectivity index (χ1) is 22.3. The zero-order valence-corrected chi connectivity index (χ0v) is 30.6. The van der Waals surface area contributed by atoms with Crippen molar-refractivity contribution in [2.24, 2.45) is 0 Å². The Labute approximate surface area is 282 Å². The van der Waals surface area contributed by atoms with Crippen LogP contribution in [0.1, 0.15) is 194 Å². The lowest BCUT2D eigenvalue weighted by Crippen LogP contribution is -2.29. The lowest BCUT2D eigenvalue weighted by molar-refractivity contribution is -0.161. The predicted molar refractivity (Wildman–Crippen MR) is 189 cm³/mol. The molecule has 0 spiro atoms. The number of carbonyl (C=O) groups excluding carboxylic acids is 2. The normalized spacial score (nSPS) is 12.5. The van der Waals surface area contributed by atoms with Gasteiger partial charge in [0.25, 0.3) is 0 Å². The maximum atomic E-state index is 12.3. The zero-order chi connectivity index (χ0) is 34.0. The van der Waals surface area contributed by atoms with E-state index in [2.05, 4.69) is 30.5 Å². The van der Waals surface area contributed by atoms with Crippen LogP contribution in [0.2, 0.25) is 0 Å². The van der Waals surface area contributed by atoms with E-state index in [1.54, 1.807) is 0 Å². The molecule has 46 heavy (non-hydrogen) atoms. The molecule has 9 heteroatoms. The third-order valence-corrected chi connectivity index (χ3v) is 8.77. The van der Waals surface area contributed by atoms with Crippen LogP contribution < -0.4 is 0 Å². The van der Waals surface area contributed by atoms with E-state index in [0.717, 1.165) is 57.8 Å². The molecular weight excluding hydrogens is 603 g/mol. The van der Waals surface area contributed by atoms with Crippen molar-refractivity contribution in [1.29, 1.82) is 0 Å². The molecule has 0 fully saturated rings. The van der Waals surface area contributed by atoms with Crippen LogP contribution in [-0.2, 0) is 28.2 Å². The molecule has 0 aliphatic rings. The minimum Gasteiger partial charge on any atom is -0.462 e. The number of phosphoric acid groups is 1. The monoisotopic (exact) mass is 674 g/mol. The summed E-state index contributed by atoms with van der Waals surface area (Å²) in [5.41, 5.74) is 0. The van der Waals surface area contributed by atoms with Gasteiger partial charge < -0.3 is 19.3 Å². The second kappa shape index (κ2) is 33.7. The number of esters is 2. The fourth-order valence-electron chi connectivity index (χ4n) is 5.43. The Bertz CT molecular complexity index is 766. The molecule has 0 aromatic carbocycles. The van der Waals surface area contributed by atoms with Gasteiger partial charge in [-0.2, -0.15) is 0 Å². The highest BCUT2D eigenvalue weighted by Gasteiger charge is 2.22. The summed E-state index contributed by atoms with van der Waals surface area (Å²) < 4.78 is 26.3. The Morgan fingerprint density at radius 1 is 0.543 bits per heavy atom. The first-order valence-corrected chi connectivity index (χ1v) is 20.5. The third-order valence-electron chi connectivity index (χ3n) is 8.28. The molecule has 8 nitrogen and oxygen atoms in total. The van der Waals surface area contributed by atoms with Gasteiger partial charge in [0.1, 0.15) is 6.61 Å². The molecule has 2 N–H and O–H groups in total. The minimum atomic E-state index is -4.74. The molecule has 0 aliphatic carbocycles. The van der Waals surface area contributed by atoms with Crippen molar-refractivity contribution in [3.63, 3.8) is 0 Å². The molecule has 0 amide bonds. The van der Waals surface area contributed by atoms with E-state index in [1.807, 2.05) is 0 Å². The molecule has 1 unspecified atom stereocenters. The van der Waals surface area contributed by atoms with E-state index in [0.29, 0.717) is 6.42 Å². The van der Waals surface area contributed by atoms with Crippen LogP contribution in [0.15, 0.2) is 12.2 Å². The maximum absolute atomic E-state index is 12.3. The van der Waals surface area contributed by atoms with Gasteiger partial charge in [0.05, 0.1) is 6.61 Å². The molecule has 0 saturated carbocycles. The Morgan fingerprint density at radius 3 is 1.33 bits per heavy atom. The van der Waals surface area contributed by atoms with Crippen LogP contribution in [0, 0.1) is 0 Å². The van der Waals surface area contributed by atoms with Crippen LogP contribution in [-0.4, -0.2) is 41.0 Å². The van der Waals surface area contributed by atoms with Crippen LogP contribution in [0.4, 0.5) is 0 Å². The van der Waals surface area contributed by atoms with Crippen molar-refractivity contribution in [3.05, 3.63) is 12.2 Å². The molecule has 0 aromatic heterocycles. The van der Waals surface area contributed by atoms with E-state index in [9.17, 15) is 14.2 Å². The predicted octanol–water partition coefficient (Wildman–Crippen LogP) is 11.1.